The Kier molecular flexibility index (Phi) is 6.97. The molecule has 0 fully saturated rings. The van der Waals surface area contributed by atoms with Crippen LogP contribution in [0, 0.1) is 0 Å². The zero-order valence-electron chi connectivity index (χ0n) is 9.54. The van der Waals surface area contributed by atoms with Crippen LogP contribution in [0.5, 0.6) is 0 Å². The van der Waals surface area contributed by atoms with E-state index in [0.29, 0.717) is 21.4 Å². The van der Waals surface area contributed by atoms with Gasteiger partial charge in [-0.25, -0.2) is 0 Å². The molecule has 0 N–H and O–H groups in total. The molecule has 0 heterocycles. The molecule has 1 aromatic carbocycles. The highest BCUT2D eigenvalue weighted by atomic mass is 35.5. The number of carbonyl (C=O) groups is 1. The van der Waals surface area contributed by atoms with E-state index in [1.165, 1.54) is 0 Å². The minimum Gasteiger partial charge on any atom is -0.385 e. The van der Waals surface area contributed by atoms with Crippen molar-refractivity contribution in [1.29, 1.82) is 0 Å². The van der Waals surface area contributed by atoms with Gasteiger partial charge < -0.3 is 4.74 Å². The van der Waals surface area contributed by atoms with Gasteiger partial charge in [0.1, 0.15) is 0 Å². The summed E-state index contributed by atoms with van der Waals surface area (Å²) < 4.78 is 4.93. The summed E-state index contributed by atoms with van der Waals surface area (Å²) in [6.45, 7) is 0.725. The SMILES string of the molecule is COCCCSCC(=O)c1ccc(Cl)cc1Cl. The number of methoxy groups -OCH3 is 1. The lowest BCUT2D eigenvalue weighted by atomic mass is 10.1. The van der Waals surface area contributed by atoms with Gasteiger partial charge in [0.05, 0.1) is 10.8 Å². The summed E-state index contributed by atoms with van der Waals surface area (Å²) in [7, 11) is 1.67. The van der Waals surface area contributed by atoms with E-state index < -0.39 is 0 Å². The Bertz CT molecular complexity index is 383. The summed E-state index contributed by atoms with van der Waals surface area (Å²) in [5, 5.41) is 0.958. The van der Waals surface area contributed by atoms with Crippen molar-refractivity contribution in [2.75, 3.05) is 25.2 Å². The molecule has 0 radical (unpaired) electrons. The van der Waals surface area contributed by atoms with Crippen molar-refractivity contribution in [3.05, 3.63) is 33.8 Å². The number of hydrogen-bond acceptors (Lipinski definition) is 3. The maximum absolute atomic E-state index is 11.8. The molecule has 0 atom stereocenters. The van der Waals surface area contributed by atoms with Gasteiger partial charge >= 0.3 is 0 Å². The summed E-state index contributed by atoms with van der Waals surface area (Å²) >= 11 is 13.3. The Morgan fingerprint density at radius 3 is 2.82 bits per heavy atom. The van der Waals surface area contributed by atoms with Crippen molar-refractivity contribution in [3.8, 4) is 0 Å². The first kappa shape index (κ1) is 14.8. The average molecular weight is 293 g/mol. The number of hydrogen-bond donors (Lipinski definition) is 0. The van der Waals surface area contributed by atoms with Gasteiger partial charge in [-0.05, 0) is 30.4 Å². The number of carbonyl (C=O) groups excluding carboxylic acids is 1. The molecule has 1 aromatic rings. The fourth-order valence-corrected chi connectivity index (χ4v) is 2.58. The van der Waals surface area contributed by atoms with E-state index in [2.05, 4.69) is 0 Å². The second-order valence-electron chi connectivity index (χ2n) is 3.45. The molecule has 94 valence electrons. The second-order valence-corrected chi connectivity index (χ2v) is 5.40. The minimum atomic E-state index is 0.0362. The molecule has 0 spiro atoms. The maximum Gasteiger partial charge on any atom is 0.174 e. The molecule has 0 unspecified atom stereocenters. The highest BCUT2D eigenvalue weighted by Crippen LogP contribution is 2.22. The maximum atomic E-state index is 11.8. The molecule has 5 heteroatoms. The van der Waals surface area contributed by atoms with Crippen molar-refractivity contribution in [2.24, 2.45) is 0 Å². The summed E-state index contributed by atoms with van der Waals surface area (Å²) in [5.74, 6) is 1.38. The topological polar surface area (TPSA) is 26.3 Å². The first-order chi connectivity index (χ1) is 8.15. The van der Waals surface area contributed by atoms with E-state index >= 15 is 0 Å². The summed E-state index contributed by atoms with van der Waals surface area (Å²) in [4.78, 5) is 11.8. The fraction of sp³-hybridized carbons (Fsp3) is 0.417. The van der Waals surface area contributed by atoms with Crippen LogP contribution in [0.2, 0.25) is 10.0 Å². The van der Waals surface area contributed by atoms with Crippen LogP contribution in [0.15, 0.2) is 18.2 Å². The predicted octanol–water partition coefficient (Wildman–Crippen LogP) is 3.95. The summed E-state index contributed by atoms with van der Waals surface area (Å²) in [6.07, 6.45) is 0.947. The highest BCUT2D eigenvalue weighted by molar-refractivity contribution is 7.99. The molecule has 0 aliphatic carbocycles. The number of ether oxygens (including phenoxy) is 1. The van der Waals surface area contributed by atoms with Gasteiger partial charge in [0.15, 0.2) is 5.78 Å². The van der Waals surface area contributed by atoms with Crippen molar-refractivity contribution in [2.45, 2.75) is 6.42 Å². The van der Waals surface area contributed by atoms with Gasteiger partial charge in [0.25, 0.3) is 0 Å². The molecule has 0 bridgehead atoms. The lowest BCUT2D eigenvalue weighted by Gasteiger charge is -2.04. The largest absolute Gasteiger partial charge is 0.385 e. The van der Waals surface area contributed by atoms with Crippen LogP contribution in [0.25, 0.3) is 0 Å². The Labute approximate surface area is 116 Å². The van der Waals surface area contributed by atoms with Crippen LogP contribution < -0.4 is 0 Å². The minimum absolute atomic E-state index is 0.0362. The molecule has 0 aromatic heterocycles. The number of ketones is 1. The van der Waals surface area contributed by atoms with Gasteiger partial charge in [0.2, 0.25) is 0 Å². The number of halogens is 2. The molecular formula is C12H14Cl2O2S. The summed E-state index contributed by atoms with van der Waals surface area (Å²) in [6, 6.07) is 4.94. The lowest BCUT2D eigenvalue weighted by molar-refractivity contribution is 0.102. The van der Waals surface area contributed by atoms with Crippen LogP contribution in [0.3, 0.4) is 0 Å². The van der Waals surface area contributed by atoms with Gasteiger partial charge in [-0.15, -0.1) is 0 Å². The monoisotopic (exact) mass is 292 g/mol. The highest BCUT2D eigenvalue weighted by Gasteiger charge is 2.10. The van der Waals surface area contributed by atoms with E-state index in [1.807, 2.05) is 0 Å². The second kappa shape index (κ2) is 7.98. The normalized spacial score (nSPS) is 10.5. The van der Waals surface area contributed by atoms with Crippen molar-refractivity contribution >= 4 is 40.7 Å². The van der Waals surface area contributed by atoms with Crippen LogP contribution in [0.4, 0.5) is 0 Å². The van der Waals surface area contributed by atoms with Crippen LogP contribution in [0.1, 0.15) is 16.8 Å². The van der Waals surface area contributed by atoms with Crippen molar-refractivity contribution in [3.63, 3.8) is 0 Å². The number of thioether (sulfide) groups is 1. The van der Waals surface area contributed by atoms with E-state index in [-0.39, 0.29) is 5.78 Å². The van der Waals surface area contributed by atoms with Crippen molar-refractivity contribution in [1.82, 2.24) is 0 Å². The van der Waals surface area contributed by atoms with Gasteiger partial charge in [-0.1, -0.05) is 23.2 Å². The predicted molar refractivity (Wildman–Crippen MR) is 74.6 cm³/mol. The van der Waals surface area contributed by atoms with E-state index in [0.717, 1.165) is 18.8 Å². The quantitative estimate of drug-likeness (QED) is 0.562. The standard InChI is InChI=1S/C12H14Cl2O2S/c1-16-5-2-6-17-8-12(15)10-4-3-9(13)7-11(10)14/h3-4,7H,2,5-6,8H2,1H3. The smallest absolute Gasteiger partial charge is 0.174 e. The molecule has 1 rings (SSSR count). The zero-order chi connectivity index (χ0) is 12.7. The van der Waals surface area contributed by atoms with E-state index in [4.69, 9.17) is 27.9 Å². The van der Waals surface area contributed by atoms with Crippen molar-refractivity contribution < 1.29 is 9.53 Å². The van der Waals surface area contributed by atoms with Crippen LogP contribution in [-0.4, -0.2) is 31.0 Å². The first-order valence-corrected chi connectivity index (χ1v) is 7.11. The fourth-order valence-electron chi connectivity index (χ4n) is 1.26. The van der Waals surface area contributed by atoms with Gasteiger partial charge in [-0.2, -0.15) is 11.8 Å². The Morgan fingerprint density at radius 1 is 1.41 bits per heavy atom. The average Bonchev–Trinajstić information content (AvgIpc) is 2.28. The van der Waals surface area contributed by atoms with Crippen LogP contribution in [-0.2, 0) is 4.74 Å². The van der Waals surface area contributed by atoms with E-state index in [9.17, 15) is 4.79 Å². The molecular weight excluding hydrogens is 279 g/mol. The van der Waals surface area contributed by atoms with Gasteiger partial charge in [-0.3, -0.25) is 4.79 Å². The molecule has 0 amide bonds. The van der Waals surface area contributed by atoms with E-state index in [1.54, 1.807) is 37.1 Å². The third-order valence-electron chi connectivity index (χ3n) is 2.10. The Morgan fingerprint density at radius 2 is 2.18 bits per heavy atom. The number of Topliss-reactive ketones (excluding diaryl/α,β-unsaturated/α-hetero) is 1. The molecule has 2 nitrogen and oxygen atoms in total. The van der Waals surface area contributed by atoms with Gasteiger partial charge in [0, 0.05) is 24.3 Å². The third-order valence-corrected chi connectivity index (χ3v) is 3.69. The zero-order valence-corrected chi connectivity index (χ0v) is 11.9. The molecule has 0 aliphatic heterocycles. The lowest BCUT2D eigenvalue weighted by Crippen LogP contribution is -2.04. The Balaban J connectivity index is 2.42. The summed E-state index contributed by atoms with van der Waals surface area (Å²) in [5.41, 5.74) is 0.537. The first-order valence-electron chi connectivity index (χ1n) is 5.20. The molecule has 0 saturated heterocycles. The number of benzene rings is 1. The molecule has 0 saturated carbocycles. The third kappa shape index (κ3) is 5.30. The molecule has 0 aliphatic rings. The van der Waals surface area contributed by atoms with Crippen LogP contribution >= 0.6 is 35.0 Å². The molecule has 17 heavy (non-hydrogen) atoms. The number of rotatable bonds is 7. The Hall–Kier alpha value is -0.220.